The number of aryl methyl sites for hydroxylation is 1. The Balaban J connectivity index is 2.48. The van der Waals surface area contributed by atoms with Crippen molar-refractivity contribution >= 4 is 27.5 Å². The number of hydrogen-bond donors (Lipinski definition) is 1. The Bertz CT molecular complexity index is 600. The summed E-state index contributed by atoms with van der Waals surface area (Å²) < 4.78 is 8.18. The molecule has 20 heavy (non-hydrogen) atoms. The van der Waals surface area contributed by atoms with Crippen LogP contribution in [0.4, 0.5) is 0 Å². The highest BCUT2D eigenvalue weighted by Gasteiger charge is 2.22. The van der Waals surface area contributed by atoms with E-state index in [4.69, 9.17) is 22.1 Å². The van der Waals surface area contributed by atoms with Gasteiger partial charge in [0, 0.05) is 16.0 Å². The fourth-order valence-electron chi connectivity index (χ4n) is 2.14. The van der Waals surface area contributed by atoms with Gasteiger partial charge in [0.25, 0.3) is 0 Å². The minimum absolute atomic E-state index is 0.385. The fourth-order valence-corrected chi connectivity index (χ4v) is 2.75. The third-order valence-corrected chi connectivity index (χ3v) is 3.93. The molecule has 0 saturated heterocycles. The summed E-state index contributed by atoms with van der Waals surface area (Å²) in [5.41, 5.74) is 8.08. The third-order valence-electron chi connectivity index (χ3n) is 3.09. The largest absolute Gasteiger partial charge is 0.493 e. The van der Waals surface area contributed by atoms with Crippen LogP contribution < -0.4 is 10.5 Å². The molecule has 1 heterocycles. The van der Waals surface area contributed by atoms with Gasteiger partial charge in [-0.3, -0.25) is 4.68 Å². The van der Waals surface area contributed by atoms with Crippen LogP contribution in [0.15, 0.2) is 28.9 Å². The zero-order chi connectivity index (χ0) is 14.7. The van der Waals surface area contributed by atoms with E-state index in [-0.39, 0.29) is 6.04 Å². The highest BCUT2D eigenvalue weighted by molar-refractivity contribution is 9.10. The molecule has 2 rings (SSSR count). The van der Waals surface area contributed by atoms with Gasteiger partial charge in [-0.15, -0.1) is 0 Å². The number of nitrogens with zero attached hydrogens (tertiary/aromatic N) is 2. The molecule has 1 aromatic heterocycles. The zero-order valence-corrected chi connectivity index (χ0v) is 13.8. The minimum Gasteiger partial charge on any atom is -0.493 e. The summed E-state index contributed by atoms with van der Waals surface area (Å²) in [5, 5.41) is 4.96. The lowest BCUT2D eigenvalue weighted by molar-refractivity contribution is 0.404. The summed E-state index contributed by atoms with van der Waals surface area (Å²) in [6.45, 7) is 2.88. The zero-order valence-electron chi connectivity index (χ0n) is 11.4. The van der Waals surface area contributed by atoms with Crippen molar-refractivity contribution in [3.8, 4) is 5.75 Å². The van der Waals surface area contributed by atoms with Gasteiger partial charge in [-0.05, 0) is 30.2 Å². The average molecular weight is 359 g/mol. The van der Waals surface area contributed by atoms with Crippen molar-refractivity contribution in [2.75, 3.05) is 7.11 Å². The second kappa shape index (κ2) is 6.61. The van der Waals surface area contributed by atoms with Gasteiger partial charge in [-0.1, -0.05) is 34.5 Å². The van der Waals surface area contributed by atoms with Crippen molar-refractivity contribution in [3.63, 3.8) is 0 Å². The molecule has 0 aliphatic rings. The fraction of sp³-hybridized carbons (Fsp3) is 0.357. The second-order valence-corrected chi connectivity index (χ2v) is 5.79. The first-order chi connectivity index (χ1) is 9.58. The van der Waals surface area contributed by atoms with Crippen LogP contribution in [0.2, 0.25) is 5.02 Å². The molecular formula is C14H17BrClN3O. The molecule has 0 spiro atoms. The number of hydrogen-bond acceptors (Lipinski definition) is 3. The van der Waals surface area contributed by atoms with Crippen LogP contribution in [0, 0.1) is 0 Å². The predicted molar refractivity (Wildman–Crippen MR) is 84.3 cm³/mol. The molecule has 0 aliphatic heterocycles. The van der Waals surface area contributed by atoms with Crippen LogP contribution in [0.25, 0.3) is 0 Å². The molecule has 0 fully saturated rings. The lowest BCUT2D eigenvalue weighted by atomic mass is 10.0. The number of methoxy groups -OCH3 is 1. The molecule has 2 N–H and O–H groups in total. The van der Waals surface area contributed by atoms with Gasteiger partial charge in [0.05, 0.1) is 19.3 Å². The number of benzene rings is 1. The highest BCUT2D eigenvalue weighted by Crippen LogP contribution is 2.33. The van der Waals surface area contributed by atoms with Gasteiger partial charge in [0.2, 0.25) is 0 Å². The van der Waals surface area contributed by atoms with E-state index in [2.05, 4.69) is 28.0 Å². The Morgan fingerprint density at radius 3 is 2.90 bits per heavy atom. The molecule has 0 amide bonds. The normalized spacial score (nSPS) is 12.4. The van der Waals surface area contributed by atoms with E-state index < -0.39 is 0 Å². The molecule has 0 saturated carbocycles. The summed E-state index contributed by atoms with van der Waals surface area (Å²) >= 11 is 9.71. The van der Waals surface area contributed by atoms with E-state index >= 15 is 0 Å². The Kier molecular flexibility index (Phi) is 5.07. The Labute approximate surface area is 132 Å². The van der Waals surface area contributed by atoms with Crippen LogP contribution >= 0.6 is 27.5 Å². The summed E-state index contributed by atoms with van der Waals surface area (Å²) in [5.74, 6) is 0.682. The number of halogens is 2. The van der Waals surface area contributed by atoms with E-state index in [0.29, 0.717) is 10.8 Å². The third kappa shape index (κ3) is 3.00. The quantitative estimate of drug-likeness (QED) is 0.885. The maximum absolute atomic E-state index is 6.39. The molecule has 2 aromatic rings. The summed E-state index contributed by atoms with van der Waals surface area (Å²) in [6, 6.07) is 5.26. The summed E-state index contributed by atoms with van der Waals surface area (Å²) in [7, 11) is 1.62. The smallest absolute Gasteiger partial charge is 0.161 e. The number of aromatic nitrogens is 2. The van der Waals surface area contributed by atoms with Crippen molar-refractivity contribution in [3.05, 3.63) is 45.1 Å². The van der Waals surface area contributed by atoms with Crippen molar-refractivity contribution in [1.82, 2.24) is 9.78 Å². The number of nitrogens with two attached hydrogens (primary N) is 1. The summed E-state index contributed by atoms with van der Waals surface area (Å²) in [4.78, 5) is 0. The second-order valence-electron chi connectivity index (χ2n) is 4.46. The highest BCUT2D eigenvalue weighted by atomic mass is 79.9. The maximum Gasteiger partial charge on any atom is 0.161 e. The van der Waals surface area contributed by atoms with Crippen LogP contribution in [-0.2, 0) is 6.54 Å². The SMILES string of the molecule is CCCn1ncc(OC)c1C(N)c1cc(Br)ccc1Cl. The van der Waals surface area contributed by atoms with E-state index in [9.17, 15) is 0 Å². The van der Waals surface area contributed by atoms with Gasteiger partial charge >= 0.3 is 0 Å². The molecule has 4 nitrogen and oxygen atoms in total. The standard InChI is InChI=1S/C14H17BrClN3O/c1-3-6-19-14(12(20-2)8-18-19)13(17)10-7-9(15)4-5-11(10)16/h4-5,7-8,13H,3,6,17H2,1-2H3. The molecule has 1 atom stereocenters. The molecule has 1 unspecified atom stereocenters. The van der Waals surface area contributed by atoms with Crippen LogP contribution in [-0.4, -0.2) is 16.9 Å². The first-order valence-corrected chi connectivity index (χ1v) is 7.55. The van der Waals surface area contributed by atoms with Crippen molar-refractivity contribution in [2.45, 2.75) is 25.9 Å². The first kappa shape index (κ1) is 15.4. The van der Waals surface area contributed by atoms with Crippen molar-refractivity contribution < 1.29 is 4.74 Å². The van der Waals surface area contributed by atoms with Gasteiger partial charge in [0.15, 0.2) is 5.75 Å². The minimum atomic E-state index is -0.385. The first-order valence-electron chi connectivity index (χ1n) is 6.38. The molecule has 0 bridgehead atoms. The molecular weight excluding hydrogens is 342 g/mol. The van der Waals surface area contributed by atoms with Gasteiger partial charge in [-0.25, -0.2) is 0 Å². The topological polar surface area (TPSA) is 53.1 Å². The van der Waals surface area contributed by atoms with E-state index in [0.717, 1.165) is 28.7 Å². The monoisotopic (exact) mass is 357 g/mol. The van der Waals surface area contributed by atoms with Crippen LogP contribution in [0.1, 0.15) is 30.6 Å². The van der Waals surface area contributed by atoms with E-state index in [1.165, 1.54) is 0 Å². The predicted octanol–water partition coefficient (Wildman–Crippen LogP) is 3.77. The van der Waals surface area contributed by atoms with E-state index in [1.807, 2.05) is 22.9 Å². The Morgan fingerprint density at radius 1 is 1.50 bits per heavy atom. The van der Waals surface area contributed by atoms with Crippen molar-refractivity contribution in [2.24, 2.45) is 5.73 Å². The lowest BCUT2D eigenvalue weighted by Gasteiger charge is -2.17. The average Bonchev–Trinajstić information content (AvgIpc) is 2.84. The molecule has 1 aromatic carbocycles. The molecule has 6 heteroatoms. The van der Waals surface area contributed by atoms with Gasteiger partial charge in [0.1, 0.15) is 5.69 Å². The number of ether oxygens (including phenoxy) is 1. The van der Waals surface area contributed by atoms with E-state index in [1.54, 1.807) is 13.3 Å². The number of rotatable bonds is 5. The van der Waals surface area contributed by atoms with Gasteiger partial charge < -0.3 is 10.5 Å². The van der Waals surface area contributed by atoms with Crippen molar-refractivity contribution in [1.29, 1.82) is 0 Å². The Hall–Kier alpha value is -1.04. The van der Waals surface area contributed by atoms with Gasteiger partial charge in [-0.2, -0.15) is 5.10 Å². The van der Waals surface area contributed by atoms with Crippen LogP contribution in [0.3, 0.4) is 0 Å². The molecule has 0 aliphatic carbocycles. The molecule has 108 valence electrons. The van der Waals surface area contributed by atoms with Crippen LogP contribution in [0.5, 0.6) is 5.75 Å². The molecule has 0 radical (unpaired) electrons. The Morgan fingerprint density at radius 2 is 2.25 bits per heavy atom. The lowest BCUT2D eigenvalue weighted by Crippen LogP contribution is -2.19. The maximum atomic E-state index is 6.39. The summed E-state index contributed by atoms with van der Waals surface area (Å²) in [6.07, 6.45) is 2.66.